The molecule has 0 N–H and O–H groups in total. The largest absolute Gasteiger partial charge is 0.465 e. The Morgan fingerprint density at radius 2 is 1.97 bits per heavy atom. The summed E-state index contributed by atoms with van der Waals surface area (Å²) in [5, 5.41) is -0.317. The fraction of sp³-hybridized carbons (Fsp3) is 0.273. The first-order valence-corrected chi connectivity index (χ1v) is 10.8. The number of halogens is 1. The van der Waals surface area contributed by atoms with Crippen LogP contribution in [0.2, 0.25) is 5.02 Å². The molecular weight excluding hydrogens is 458 g/mol. The molecule has 2 amide bonds. The van der Waals surface area contributed by atoms with Gasteiger partial charge < -0.3 is 13.9 Å². The van der Waals surface area contributed by atoms with E-state index in [0.29, 0.717) is 28.8 Å². The normalized spacial score (nSPS) is 15.0. The zero-order chi connectivity index (χ0) is 23.4. The number of furan rings is 1. The number of hydrogen-bond donors (Lipinski definition) is 0. The smallest absolute Gasteiger partial charge is 0.339 e. The van der Waals surface area contributed by atoms with Gasteiger partial charge in [0.25, 0.3) is 11.1 Å². The van der Waals surface area contributed by atoms with Crippen LogP contribution in [-0.4, -0.2) is 48.2 Å². The summed E-state index contributed by atoms with van der Waals surface area (Å²) in [7, 11) is 1.26. The van der Waals surface area contributed by atoms with Gasteiger partial charge in [-0.3, -0.25) is 19.3 Å². The highest BCUT2D eigenvalue weighted by Gasteiger charge is 2.37. The number of hydrogen-bond acceptors (Lipinski definition) is 8. The SMILES string of the molecule is COC(=O)c1cc(-c2ccc(/C=C3/SC(=O)N(CC(=O)OCC(C)C)C3=O)o2)ccc1Cl. The second kappa shape index (κ2) is 10.1. The van der Waals surface area contributed by atoms with E-state index in [0.717, 1.165) is 4.90 Å². The van der Waals surface area contributed by atoms with Crippen LogP contribution in [-0.2, 0) is 19.1 Å². The number of benzene rings is 1. The third-order valence-corrected chi connectivity index (χ3v) is 5.53. The van der Waals surface area contributed by atoms with E-state index in [4.69, 9.17) is 25.5 Å². The Morgan fingerprint density at radius 1 is 1.22 bits per heavy atom. The average molecular weight is 478 g/mol. The van der Waals surface area contributed by atoms with Crippen molar-refractivity contribution in [2.45, 2.75) is 13.8 Å². The van der Waals surface area contributed by atoms with E-state index < -0.39 is 29.6 Å². The van der Waals surface area contributed by atoms with Crippen molar-refractivity contribution in [2.24, 2.45) is 5.92 Å². The number of carbonyl (C=O) groups excluding carboxylic acids is 4. The van der Waals surface area contributed by atoms with Crippen LogP contribution in [0.3, 0.4) is 0 Å². The predicted molar refractivity (Wildman–Crippen MR) is 119 cm³/mol. The van der Waals surface area contributed by atoms with Crippen LogP contribution in [0.1, 0.15) is 30.0 Å². The Labute approximate surface area is 193 Å². The number of thioether (sulfide) groups is 1. The number of rotatable bonds is 7. The molecule has 1 fully saturated rings. The summed E-state index contributed by atoms with van der Waals surface area (Å²) in [6.07, 6.45) is 1.42. The van der Waals surface area contributed by atoms with E-state index in [1.54, 1.807) is 24.3 Å². The topological polar surface area (TPSA) is 103 Å². The van der Waals surface area contributed by atoms with Gasteiger partial charge in [0.2, 0.25) is 0 Å². The molecule has 2 aromatic rings. The number of imide groups is 1. The second-order valence-electron chi connectivity index (χ2n) is 7.23. The number of nitrogens with zero attached hydrogens (tertiary/aromatic N) is 1. The summed E-state index contributed by atoms with van der Waals surface area (Å²) in [6.45, 7) is 3.53. The van der Waals surface area contributed by atoms with Crippen molar-refractivity contribution in [3.05, 3.63) is 51.6 Å². The van der Waals surface area contributed by atoms with Crippen LogP contribution in [0.5, 0.6) is 0 Å². The predicted octanol–water partition coefficient (Wildman–Crippen LogP) is 4.62. The summed E-state index contributed by atoms with van der Waals surface area (Å²) in [6, 6.07) is 8.03. The van der Waals surface area contributed by atoms with E-state index in [1.165, 1.54) is 19.3 Å². The van der Waals surface area contributed by atoms with Gasteiger partial charge >= 0.3 is 11.9 Å². The molecular formula is C22H20ClNO7S. The summed E-state index contributed by atoms with van der Waals surface area (Å²) >= 11 is 6.75. The lowest BCUT2D eigenvalue weighted by Crippen LogP contribution is -2.34. The molecule has 8 nitrogen and oxygen atoms in total. The van der Waals surface area contributed by atoms with E-state index in [1.807, 2.05) is 13.8 Å². The molecule has 32 heavy (non-hydrogen) atoms. The van der Waals surface area contributed by atoms with E-state index >= 15 is 0 Å². The molecule has 0 saturated carbocycles. The first kappa shape index (κ1) is 23.6. The van der Waals surface area contributed by atoms with Crippen LogP contribution in [0.4, 0.5) is 4.79 Å². The van der Waals surface area contributed by atoms with Gasteiger partial charge in [-0.15, -0.1) is 0 Å². The number of methoxy groups -OCH3 is 1. The average Bonchev–Trinajstić information content (AvgIpc) is 3.32. The molecule has 0 aliphatic carbocycles. The van der Waals surface area contributed by atoms with Gasteiger partial charge in [-0.2, -0.15) is 0 Å². The molecule has 0 spiro atoms. The minimum Gasteiger partial charge on any atom is -0.465 e. The van der Waals surface area contributed by atoms with Crippen molar-refractivity contribution in [1.29, 1.82) is 0 Å². The molecule has 1 aliphatic rings. The van der Waals surface area contributed by atoms with Gasteiger partial charge in [-0.25, -0.2) is 4.79 Å². The first-order chi connectivity index (χ1) is 15.2. The van der Waals surface area contributed by atoms with Crippen LogP contribution in [0.15, 0.2) is 39.7 Å². The Kier molecular flexibility index (Phi) is 7.42. The molecule has 10 heteroatoms. The Balaban J connectivity index is 1.75. The highest BCUT2D eigenvalue weighted by atomic mass is 35.5. The van der Waals surface area contributed by atoms with Crippen molar-refractivity contribution >= 4 is 52.5 Å². The number of amides is 2. The number of esters is 2. The number of carbonyl (C=O) groups is 4. The van der Waals surface area contributed by atoms with Gasteiger partial charge in [-0.05, 0) is 48.0 Å². The van der Waals surface area contributed by atoms with Crippen molar-refractivity contribution in [3.63, 3.8) is 0 Å². The Hall–Kier alpha value is -3.04. The zero-order valence-corrected chi connectivity index (χ0v) is 19.1. The minimum absolute atomic E-state index is 0.124. The minimum atomic E-state index is -0.647. The third-order valence-electron chi connectivity index (χ3n) is 4.29. The molecule has 0 unspecified atom stereocenters. The van der Waals surface area contributed by atoms with Gasteiger partial charge in [0.15, 0.2) is 0 Å². The van der Waals surface area contributed by atoms with Crippen LogP contribution < -0.4 is 0 Å². The fourth-order valence-electron chi connectivity index (χ4n) is 2.73. The fourth-order valence-corrected chi connectivity index (χ4v) is 3.74. The van der Waals surface area contributed by atoms with Crippen molar-refractivity contribution in [2.75, 3.05) is 20.3 Å². The first-order valence-electron chi connectivity index (χ1n) is 9.58. The highest BCUT2D eigenvalue weighted by molar-refractivity contribution is 8.18. The number of ether oxygens (including phenoxy) is 2. The second-order valence-corrected chi connectivity index (χ2v) is 8.63. The van der Waals surface area contributed by atoms with Crippen LogP contribution in [0.25, 0.3) is 17.4 Å². The van der Waals surface area contributed by atoms with Gasteiger partial charge in [0.05, 0.1) is 29.2 Å². The van der Waals surface area contributed by atoms with Crippen molar-refractivity contribution in [1.82, 2.24) is 4.90 Å². The molecule has 1 aromatic carbocycles. The summed E-state index contributed by atoms with van der Waals surface area (Å²) in [5.74, 6) is -0.932. The molecule has 1 saturated heterocycles. The third kappa shape index (κ3) is 5.41. The van der Waals surface area contributed by atoms with Gasteiger partial charge in [0.1, 0.15) is 18.1 Å². The lowest BCUT2D eigenvalue weighted by atomic mass is 10.1. The molecule has 0 atom stereocenters. The van der Waals surface area contributed by atoms with Crippen LogP contribution >= 0.6 is 23.4 Å². The summed E-state index contributed by atoms with van der Waals surface area (Å²) in [5.41, 5.74) is 0.769. The van der Waals surface area contributed by atoms with E-state index in [2.05, 4.69) is 0 Å². The maximum Gasteiger partial charge on any atom is 0.339 e. The standard InChI is InChI=1S/C22H20ClNO7S/c1-12(2)11-30-19(25)10-24-20(26)18(32-22(24)28)9-14-5-7-17(31-14)13-4-6-16(23)15(8-13)21(27)29-3/h4-9,12H,10-11H2,1-3H3/b18-9+. The van der Waals surface area contributed by atoms with Gasteiger partial charge in [0, 0.05) is 11.6 Å². The lowest BCUT2D eigenvalue weighted by molar-refractivity contribution is -0.147. The monoisotopic (exact) mass is 477 g/mol. The molecule has 1 aliphatic heterocycles. The lowest BCUT2D eigenvalue weighted by Gasteiger charge is -2.12. The van der Waals surface area contributed by atoms with Crippen molar-refractivity contribution in [3.8, 4) is 11.3 Å². The van der Waals surface area contributed by atoms with Crippen molar-refractivity contribution < 1.29 is 33.1 Å². The molecule has 0 radical (unpaired) electrons. The van der Waals surface area contributed by atoms with E-state index in [-0.39, 0.29) is 28.0 Å². The maximum absolute atomic E-state index is 12.6. The maximum atomic E-state index is 12.6. The Morgan fingerprint density at radius 3 is 2.66 bits per heavy atom. The van der Waals surface area contributed by atoms with Crippen LogP contribution in [0, 0.1) is 5.92 Å². The molecule has 168 valence electrons. The summed E-state index contributed by atoms with van der Waals surface area (Å²) < 4.78 is 15.5. The highest BCUT2D eigenvalue weighted by Crippen LogP contribution is 2.34. The zero-order valence-electron chi connectivity index (χ0n) is 17.5. The van der Waals surface area contributed by atoms with E-state index in [9.17, 15) is 19.2 Å². The quantitative estimate of drug-likeness (QED) is 0.420. The summed E-state index contributed by atoms with van der Waals surface area (Å²) in [4.78, 5) is 49.4. The molecule has 2 heterocycles. The van der Waals surface area contributed by atoms with Gasteiger partial charge in [-0.1, -0.05) is 25.4 Å². The molecule has 3 rings (SSSR count). The molecule has 0 bridgehead atoms. The molecule has 1 aromatic heterocycles. The Bertz CT molecular complexity index is 1110.